The molecule has 14 heteroatoms. The molecule has 0 radical (unpaired) electrons. The lowest BCUT2D eigenvalue weighted by atomic mass is 10.1. The maximum Gasteiger partial charge on any atom is 0.296 e. The van der Waals surface area contributed by atoms with Gasteiger partial charge in [-0.2, -0.15) is 21.9 Å². The van der Waals surface area contributed by atoms with Gasteiger partial charge in [0, 0.05) is 12.6 Å². The number of aryl methyl sites for hydroxylation is 3. The van der Waals surface area contributed by atoms with Gasteiger partial charge in [0.25, 0.3) is 20.2 Å². The maximum atomic E-state index is 11.1. The number of hydrogen-bond acceptors (Lipinski definition) is 9. The lowest BCUT2D eigenvalue weighted by molar-refractivity contribution is 0.112. The van der Waals surface area contributed by atoms with E-state index in [1.807, 2.05) is 6.92 Å². The van der Waals surface area contributed by atoms with Gasteiger partial charge in [-0.05, 0) is 49.2 Å². The number of hydrogen-bond donors (Lipinski definition) is 5. The topological polar surface area (TPSA) is 208 Å². The first-order valence-electron chi connectivity index (χ1n) is 9.67. The smallest absolute Gasteiger partial charge is 0.296 e. The zero-order valence-electron chi connectivity index (χ0n) is 18.5. The molecule has 0 saturated carbocycles. The molecule has 0 spiro atoms. The van der Waals surface area contributed by atoms with Crippen molar-refractivity contribution in [3.8, 4) is 0 Å². The van der Waals surface area contributed by atoms with E-state index in [-0.39, 0.29) is 21.0 Å². The molecule has 34 heavy (non-hydrogen) atoms. The molecule has 0 atom stereocenters. The van der Waals surface area contributed by atoms with Crippen molar-refractivity contribution in [2.24, 2.45) is 7.05 Å². The van der Waals surface area contributed by atoms with E-state index < -0.39 is 20.2 Å². The van der Waals surface area contributed by atoms with Crippen molar-refractivity contribution in [3.05, 3.63) is 53.2 Å². The number of nitrogens with zero attached hydrogens (tertiary/aromatic N) is 2. The summed E-state index contributed by atoms with van der Waals surface area (Å²) < 4.78 is 63.0. The summed E-state index contributed by atoms with van der Waals surface area (Å²) in [6.45, 7) is 3.63. The standard InChI is InChI=1S/C12H14N4O4S.C8H11NO3S/c1-7-11(13)12(16(2)15-7)14-10-4-3-9(21(18,19)20)5-8(10)6-17;1-2-6-3-4-7(9)8(5-6)13(10,11)12/h3-6,14H,13H2,1-2H3,(H,18,19,20);3-5H,2,9H2,1H3,(H,10,11,12). The van der Waals surface area contributed by atoms with Gasteiger partial charge in [0.2, 0.25) is 0 Å². The van der Waals surface area contributed by atoms with Crippen LogP contribution in [0.1, 0.15) is 28.5 Å². The molecule has 7 N–H and O–H groups in total. The van der Waals surface area contributed by atoms with Crippen LogP contribution in [0, 0.1) is 6.92 Å². The van der Waals surface area contributed by atoms with E-state index in [0.717, 1.165) is 11.6 Å². The molecule has 1 heterocycles. The van der Waals surface area contributed by atoms with Crippen molar-refractivity contribution in [1.82, 2.24) is 9.78 Å². The lowest BCUT2D eigenvalue weighted by Gasteiger charge is -2.10. The van der Waals surface area contributed by atoms with Gasteiger partial charge in [0.1, 0.15) is 4.90 Å². The molecule has 12 nitrogen and oxygen atoms in total. The molecule has 0 saturated heterocycles. The molecule has 0 aliphatic heterocycles. The largest absolute Gasteiger partial charge is 0.398 e. The first-order chi connectivity index (χ1) is 15.7. The molecule has 2 aromatic carbocycles. The summed E-state index contributed by atoms with van der Waals surface area (Å²) in [6, 6.07) is 8.21. The van der Waals surface area contributed by atoms with Crippen molar-refractivity contribution in [1.29, 1.82) is 0 Å². The predicted octanol–water partition coefficient (Wildman–Crippen LogP) is 2.19. The molecule has 0 bridgehead atoms. The van der Waals surface area contributed by atoms with Crippen LogP contribution in [0.4, 0.5) is 22.9 Å². The first-order valence-corrected chi connectivity index (χ1v) is 12.6. The minimum atomic E-state index is -4.37. The fourth-order valence-corrected chi connectivity index (χ4v) is 4.07. The van der Waals surface area contributed by atoms with Crippen LogP contribution in [0.25, 0.3) is 0 Å². The predicted molar refractivity (Wildman–Crippen MR) is 127 cm³/mol. The summed E-state index contributed by atoms with van der Waals surface area (Å²) in [5.41, 5.74) is 13.6. The summed E-state index contributed by atoms with van der Waals surface area (Å²) in [7, 11) is -6.88. The Balaban J connectivity index is 0.000000270. The molecule has 1 aromatic heterocycles. The molecule has 3 rings (SSSR count). The van der Waals surface area contributed by atoms with Gasteiger partial charge >= 0.3 is 0 Å². The van der Waals surface area contributed by atoms with Gasteiger partial charge < -0.3 is 16.8 Å². The molecule has 0 fully saturated rings. The van der Waals surface area contributed by atoms with Gasteiger partial charge in [-0.1, -0.05) is 13.0 Å². The SMILES string of the molecule is CCc1ccc(N)c(S(=O)(=O)O)c1.Cc1nn(C)c(Nc2ccc(S(=O)(=O)O)cc2C=O)c1N. The van der Waals surface area contributed by atoms with Crippen molar-refractivity contribution in [2.75, 3.05) is 16.8 Å². The van der Waals surface area contributed by atoms with Gasteiger partial charge in [0.15, 0.2) is 12.1 Å². The second-order valence-electron chi connectivity index (χ2n) is 7.14. The maximum absolute atomic E-state index is 11.1. The number of carbonyl (C=O) groups is 1. The average Bonchev–Trinajstić information content (AvgIpc) is 2.99. The molecule has 3 aromatic rings. The monoisotopic (exact) mass is 511 g/mol. The molecular weight excluding hydrogens is 486 g/mol. The zero-order chi connectivity index (χ0) is 25.8. The molecule has 0 unspecified atom stereocenters. The van der Waals surface area contributed by atoms with Gasteiger partial charge in [-0.15, -0.1) is 0 Å². The van der Waals surface area contributed by atoms with E-state index in [1.54, 1.807) is 20.0 Å². The Morgan fingerprint density at radius 1 is 1.06 bits per heavy atom. The lowest BCUT2D eigenvalue weighted by Crippen LogP contribution is -2.05. The second kappa shape index (κ2) is 10.2. The Kier molecular flexibility index (Phi) is 8.05. The third kappa shape index (κ3) is 6.32. The third-order valence-electron chi connectivity index (χ3n) is 4.73. The van der Waals surface area contributed by atoms with Crippen molar-refractivity contribution in [2.45, 2.75) is 30.1 Å². The molecular formula is C20H25N5O7S2. The summed E-state index contributed by atoms with van der Waals surface area (Å²) in [4.78, 5) is 10.5. The van der Waals surface area contributed by atoms with Crippen LogP contribution in [0.5, 0.6) is 0 Å². The first kappa shape index (κ1) is 26.8. The van der Waals surface area contributed by atoms with E-state index in [2.05, 4.69) is 10.4 Å². The minimum Gasteiger partial charge on any atom is -0.398 e. The van der Waals surface area contributed by atoms with Gasteiger partial charge in [-0.25, -0.2) is 0 Å². The van der Waals surface area contributed by atoms with Crippen molar-refractivity contribution in [3.63, 3.8) is 0 Å². The Morgan fingerprint density at radius 3 is 2.18 bits per heavy atom. The van der Waals surface area contributed by atoms with Crippen LogP contribution in [-0.4, -0.2) is 42.0 Å². The van der Waals surface area contributed by atoms with Crippen LogP contribution in [0.3, 0.4) is 0 Å². The Hall–Kier alpha value is -3.46. The van der Waals surface area contributed by atoms with Crippen molar-refractivity contribution >= 4 is 49.4 Å². The van der Waals surface area contributed by atoms with Crippen LogP contribution in [0.2, 0.25) is 0 Å². The van der Waals surface area contributed by atoms with Crippen LogP contribution < -0.4 is 16.8 Å². The highest BCUT2D eigenvalue weighted by Gasteiger charge is 2.16. The number of carbonyl (C=O) groups excluding carboxylic acids is 1. The average molecular weight is 512 g/mol. The summed E-state index contributed by atoms with van der Waals surface area (Å²) in [5.74, 6) is 0.482. The number of rotatable bonds is 6. The highest BCUT2D eigenvalue weighted by atomic mass is 32.2. The highest BCUT2D eigenvalue weighted by Crippen LogP contribution is 2.28. The highest BCUT2D eigenvalue weighted by molar-refractivity contribution is 7.86. The number of benzene rings is 2. The number of nitrogens with two attached hydrogens (primary N) is 2. The summed E-state index contributed by atoms with van der Waals surface area (Å²) in [5, 5.41) is 7.05. The van der Waals surface area contributed by atoms with Gasteiger partial charge in [-0.3, -0.25) is 18.6 Å². The number of aromatic nitrogens is 2. The Morgan fingerprint density at radius 2 is 1.71 bits per heavy atom. The Labute approximate surface area is 197 Å². The molecule has 0 amide bonds. The van der Waals surface area contributed by atoms with E-state index in [4.69, 9.17) is 20.6 Å². The fraction of sp³-hybridized carbons (Fsp3) is 0.200. The number of nitrogen functional groups attached to an aromatic ring is 2. The second-order valence-corrected chi connectivity index (χ2v) is 9.95. The Bertz CT molecular complexity index is 1430. The fourth-order valence-electron chi connectivity index (χ4n) is 2.89. The van der Waals surface area contributed by atoms with E-state index >= 15 is 0 Å². The number of aldehydes is 1. The van der Waals surface area contributed by atoms with Crippen LogP contribution >= 0.6 is 0 Å². The number of anilines is 4. The zero-order valence-corrected chi connectivity index (χ0v) is 20.2. The van der Waals surface area contributed by atoms with E-state index in [1.165, 1.54) is 28.9 Å². The van der Waals surface area contributed by atoms with Gasteiger partial charge in [0.05, 0.1) is 27.7 Å². The van der Waals surface area contributed by atoms with Crippen LogP contribution in [-0.2, 0) is 33.7 Å². The molecule has 0 aliphatic carbocycles. The number of nitrogens with one attached hydrogen (secondary N) is 1. The third-order valence-corrected chi connectivity index (χ3v) is 6.49. The van der Waals surface area contributed by atoms with Crippen molar-refractivity contribution < 1.29 is 30.7 Å². The van der Waals surface area contributed by atoms with E-state index in [9.17, 15) is 21.6 Å². The summed E-state index contributed by atoms with van der Waals surface area (Å²) >= 11 is 0. The summed E-state index contributed by atoms with van der Waals surface area (Å²) in [6.07, 6.45) is 1.18. The normalized spacial score (nSPS) is 11.4. The minimum absolute atomic E-state index is 0.0692. The quantitative estimate of drug-likeness (QED) is 0.184. The van der Waals surface area contributed by atoms with E-state index in [0.29, 0.717) is 35.6 Å². The van der Waals surface area contributed by atoms with Crippen LogP contribution in [0.15, 0.2) is 46.2 Å². The molecule has 0 aliphatic rings. The molecule has 184 valence electrons.